The van der Waals surface area contributed by atoms with Crippen LogP contribution in [0.1, 0.15) is 57.5 Å². The number of H-pyrrole nitrogens is 1. The van der Waals surface area contributed by atoms with Crippen LogP contribution >= 0.6 is 11.3 Å². The van der Waals surface area contributed by atoms with Crippen molar-refractivity contribution in [2.24, 2.45) is 0 Å². The molecule has 0 aliphatic heterocycles. The van der Waals surface area contributed by atoms with Crippen LogP contribution in [0.25, 0.3) is 0 Å². The number of thiophene rings is 1. The van der Waals surface area contributed by atoms with E-state index in [9.17, 15) is 24.3 Å². The van der Waals surface area contributed by atoms with Crippen molar-refractivity contribution < 1.29 is 29.0 Å². The van der Waals surface area contributed by atoms with Crippen LogP contribution in [-0.2, 0) is 25.5 Å². The Morgan fingerprint density at radius 3 is 2.36 bits per heavy atom. The summed E-state index contributed by atoms with van der Waals surface area (Å²) in [4.78, 5) is 57.7. The molecule has 39 heavy (non-hydrogen) atoms. The molecule has 0 aliphatic carbocycles. The summed E-state index contributed by atoms with van der Waals surface area (Å²) in [5.41, 5.74) is -0.777. The summed E-state index contributed by atoms with van der Waals surface area (Å²) in [6.07, 6.45) is 0.744. The number of hydrogen-bond acceptors (Lipinski definition) is 7. The zero-order valence-corrected chi connectivity index (χ0v) is 23.2. The van der Waals surface area contributed by atoms with Crippen LogP contribution in [0.3, 0.4) is 0 Å². The van der Waals surface area contributed by atoms with E-state index in [0.717, 1.165) is 5.56 Å². The van der Waals surface area contributed by atoms with Gasteiger partial charge in [-0.05, 0) is 62.6 Å². The fourth-order valence-electron chi connectivity index (χ4n) is 3.64. The van der Waals surface area contributed by atoms with Gasteiger partial charge in [0.2, 0.25) is 11.8 Å². The number of aromatic nitrogens is 2. The van der Waals surface area contributed by atoms with Gasteiger partial charge in [-0.2, -0.15) is 11.3 Å². The second-order valence-corrected chi connectivity index (χ2v) is 11.2. The lowest BCUT2D eigenvalue weighted by Crippen LogP contribution is -2.59. The largest absolute Gasteiger partial charge is 0.480 e. The third-order valence-electron chi connectivity index (χ3n) is 5.53. The molecule has 2 atom stereocenters. The van der Waals surface area contributed by atoms with E-state index < -0.39 is 47.0 Å². The maximum atomic E-state index is 13.3. The monoisotopic (exact) mass is 555 g/mol. The van der Waals surface area contributed by atoms with Gasteiger partial charge in [0.15, 0.2) is 0 Å². The first kappa shape index (κ1) is 29.4. The van der Waals surface area contributed by atoms with Crippen molar-refractivity contribution in [3.05, 3.63) is 70.3 Å². The number of carboxylic acids is 1. The van der Waals surface area contributed by atoms with Crippen molar-refractivity contribution in [3.63, 3.8) is 0 Å². The van der Waals surface area contributed by atoms with Gasteiger partial charge in [-0.25, -0.2) is 9.78 Å². The minimum Gasteiger partial charge on any atom is -0.480 e. The number of nitrogens with one attached hydrogen (secondary N) is 4. The summed E-state index contributed by atoms with van der Waals surface area (Å²) in [6, 6.07) is 9.43. The van der Waals surface area contributed by atoms with Crippen molar-refractivity contribution in [3.8, 4) is 0 Å². The fourth-order valence-corrected chi connectivity index (χ4v) is 4.32. The lowest BCUT2D eigenvalue weighted by atomic mass is 9.99. The van der Waals surface area contributed by atoms with Crippen LogP contribution in [-0.4, -0.2) is 56.1 Å². The number of hydrogen-bond donors (Lipinski definition) is 5. The van der Waals surface area contributed by atoms with Gasteiger partial charge in [-0.3, -0.25) is 14.4 Å². The quantitative estimate of drug-likeness (QED) is 0.255. The molecule has 3 rings (SSSR count). The van der Waals surface area contributed by atoms with Crippen LogP contribution in [0.5, 0.6) is 0 Å². The molecule has 5 N–H and O–H groups in total. The molecule has 1 unspecified atom stereocenters. The number of carboxylic acid groups (broad SMARTS) is 1. The second-order valence-electron chi connectivity index (χ2n) is 10.5. The molecule has 0 spiro atoms. The number of aliphatic carboxylic acids is 1. The molecule has 0 fully saturated rings. The third-order valence-corrected chi connectivity index (χ3v) is 6.26. The number of carbonyl (C=O) groups excluding carboxylic acids is 3. The Kier molecular flexibility index (Phi) is 9.12. The number of rotatable bonds is 10. The van der Waals surface area contributed by atoms with E-state index in [0.29, 0.717) is 5.56 Å². The minimum atomic E-state index is -1.39. The molecule has 0 saturated heterocycles. The van der Waals surface area contributed by atoms with Gasteiger partial charge in [0.1, 0.15) is 34.7 Å². The van der Waals surface area contributed by atoms with Crippen LogP contribution in [0.15, 0.2) is 53.4 Å². The van der Waals surface area contributed by atoms with Gasteiger partial charge in [0, 0.05) is 6.42 Å². The molecule has 3 aromatic rings. The first-order chi connectivity index (χ1) is 18.2. The molecule has 208 valence electrons. The van der Waals surface area contributed by atoms with Gasteiger partial charge < -0.3 is 30.8 Å². The SMILES string of the molecule is CC(C)(C)OC(=O)NC(C)(C)C(=O)N[C@H](Cc1ccsc1)C(=O)Nc1cnc(C(C(=O)O)c2ccccc2)[nH]1. The Morgan fingerprint density at radius 1 is 1.08 bits per heavy atom. The van der Waals surface area contributed by atoms with Crippen LogP contribution in [0.2, 0.25) is 0 Å². The van der Waals surface area contributed by atoms with E-state index in [2.05, 4.69) is 25.9 Å². The van der Waals surface area contributed by atoms with Crippen molar-refractivity contribution >= 4 is 41.0 Å². The molecule has 2 aromatic heterocycles. The summed E-state index contributed by atoms with van der Waals surface area (Å²) in [5, 5.41) is 21.4. The van der Waals surface area contributed by atoms with E-state index in [4.69, 9.17) is 4.74 Å². The Labute approximate surface area is 230 Å². The molecule has 11 nitrogen and oxygen atoms in total. The molecule has 2 heterocycles. The van der Waals surface area contributed by atoms with E-state index in [1.807, 2.05) is 16.8 Å². The maximum Gasteiger partial charge on any atom is 0.408 e. The smallest absolute Gasteiger partial charge is 0.408 e. The number of imidazole rings is 1. The lowest BCUT2D eigenvalue weighted by molar-refractivity contribution is -0.137. The first-order valence-electron chi connectivity index (χ1n) is 12.2. The first-order valence-corrected chi connectivity index (χ1v) is 13.2. The van der Waals surface area contributed by atoms with Crippen LogP contribution in [0, 0.1) is 0 Å². The predicted octanol–water partition coefficient (Wildman–Crippen LogP) is 3.66. The molecule has 0 bridgehead atoms. The van der Waals surface area contributed by atoms with Crippen molar-refractivity contribution in [1.29, 1.82) is 0 Å². The fraction of sp³-hybridized carbons (Fsp3) is 0.370. The third kappa shape index (κ3) is 8.40. The summed E-state index contributed by atoms with van der Waals surface area (Å²) < 4.78 is 5.25. The van der Waals surface area contributed by atoms with Gasteiger partial charge in [0.25, 0.3) is 0 Å². The summed E-state index contributed by atoms with van der Waals surface area (Å²) in [7, 11) is 0. The molecule has 1 aromatic carbocycles. The zero-order chi connectivity index (χ0) is 28.8. The van der Waals surface area contributed by atoms with Crippen molar-refractivity contribution in [2.75, 3.05) is 5.32 Å². The highest BCUT2D eigenvalue weighted by Gasteiger charge is 2.35. The predicted molar refractivity (Wildman–Crippen MR) is 147 cm³/mol. The lowest BCUT2D eigenvalue weighted by Gasteiger charge is -2.29. The highest BCUT2D eigenvalue weighted by molar-refractivity contribution is 7.07. The summed E-state index contributed by atoms with van der Waals surface area (Å²) in [6.45, 7) is 8.13. The van der Waals surface area contributed by atoms with Crippen LogP contribution in [0.4, 0.5) is 10.6 Å². The van der Waals surface area contributed by atoms with Gasteiger partial charge in [0.05, 0.1) is 6.20 Å². The molecule has 12 heteroatoms. The Hall–Kier alpha value is -4.19. The van der Waals surface area contributed by atoms with Gasteiger partial charge >= 0.3 is 12.1 Å². The molecule has 0 aliphatic rings. The van der Waals surface area contributed by atoms with E-state index in [1.165, 1.54) is 31.4 Å². The second kappa shape index (κ2) is 12.1. The van der Waals surface area contributed by atoms with Gasteiger partial charge in [-0.15, -0.1) is 0 Å². The Bertz CT molecular complexity index is 1300. The number of nitrogens with zero attached hydrogens (tertiary/aromatic N) is 1. The van der Waals surface area contributed by atoms with Crippen molar-refractivity contribution in [2.45, 2.75) is 64.1 Å². The molecular weight excluding hydrogens is 522 g/mol. The van der Waals surface area contributed by atoms with E-state index in [1.54, 1.807) is 51.1 Å². The number of aromatic amines is 1. The average molecular weight is 556 g/mol. The van der Waals surface area contributed by atoms with Crippen LogP contribution < -0.4 is 16.0 Å². The highest BCUT2D eigenvalue weighted by Crippen LogP contribution is 2.24. The molecule has 3 amide bonds. The number of ether oxygens (including phenoxy) is 1. The molecule has 0 saturated carbocycles. The minimum absolute atomic E-state index is 0.144. The molecular formula is C27H33N5O6S. The maximum absolute atomic E-state index is 13.3. The van der Waals surface area contributed by atoms with E-state index in [-0.39, 0.29) is 18.1 Å². The molecule has 0 radical (unpaired) electrons. The Balaban J connectivity index is 1.76. The summed E-state index contributed by atoms with van der Waals surface area (Å²) in [5.74, 6) is -2.99. The average Bonchev–Trinajstić information content (AvgIpc) is 3.50. The van der Waals surface area contributed by atoms with E-state index >= 15 is 0 Å². The Morgan fingerprint density at radius 2 is 1.77 bits per heavy atom. The number of carbonyl (C=O) groups is 4. The standard InChI is InChI=1S/C27H33N5O6S/c1-26(2,3)38-25(37)32-27(4,5)24(36)29-18(13-16-11-12-39-15-16)22(33)31-19-14-28-21(30-19)20(23(34)35)17-9-7-6-8-10-17/h6-12,14-15,18,20H,13H2,1-5H3,(H,28,30)(H,29,36)(H,31,33)(H,32,37)(H,34,35)/t18-,20?/m1/s1. The number of amides is 3. The number of benzene rings is 1. The zero-order valence-electron chi connectivity index (χ0n) is 22.4. The topological polar surface area (TPSA) is 163 Å². The number of alkyl carbamates (subject to hydrolysis) is 1. The van der Waals surface area contributed by atoms with Gasteiger partial charge in [-0.1, -0.05) is 30.3 Å². The summed E-state index contributed by atoms with van der Waals surface area (Å²) >= 11 is 1.45. The van der Waals surface area contributed by atoms with Crippen molar-refractivity contribution in [1.82, 2.24) is 20.6 Å². The normalized spacial score (nSPS) is 13.2. The highest BCUT2D eigenvalue weighted by atomic mass is 32.1. The number of anilines is 1.